The summed E-state index contributed by atoms with van der Waals surface area (Å²) in [7, 11) is 0. The number of nitrogens with zero attached hydrogens (tertiary/aromatic N) is 1. The first kappa shape index (κ1) is 16.4. The number of hydrogen-bond acceptors (Lipinski definition) is 4. The maximum atomic E-state index is 6.23. The van der Waals surface area contributed by atoms with Gasteiger partial charge in [-0.15, -0.1) is 0 Å². The van der Waals surface area contributed by atoms with Crippen molar-refractivity contribution in [2.75, 3.05) is 39.4 Å². The largest absolute Gasteiger partial charge is 0.486 e. The minimum absolute atomic E-state index is 0.565. The monoisotopic (exact) mass is 312 g/mol. The maximum Gasteiger partial charge on any atom is 0.179 e. The Morgan fingerprint density at radius 2 is 1.95 bits per heavy atom. The number of hydrogen-bond donors (Lipinski definition) is 1. The molecule has 4 nitrogen and oxygen atoms in total. The summed E-state index contributed by atoms with van der Waals surface area (Å²) in [6, 6.07) is 3.96. The average Bonchev–Trinajstić information content (AvgIpc) is 2.51. The molecular formula is C16H25ClN2O2. The molecule has 0 atom stereocenters. The molecule has 118 valence electrons. The molecule has 0 aromatic heterocycles. The average molecular weight is 313 g/mol. The van der Waals surface area contributed by atoms with Gasteiger partial charge in [0.2, 0.25) is 0 Å². The fourth-order valence-corrected chi connectivity index (χ4v) is 2.75. The topological polar surface area (TPSA) is 33.7 Å². The van der Waals surface area contributed by atoms with Gasteiger partial charge in [0, 0.05) is 6.54 Å². The normalized spacial score (nSPS) is 13.7. The minimum Gasteiger partial charge on any atom is -0.486 e. The fraction of sp³-hybridized carbons (Fsp3) is 0.625. The Kier molecular flexibility index (Phi) is 6.61. The van der Waals surface area contributed by atoms with E-state index < -0.39 is 0 Å². The predicted octanol–water partition coefficient (Wildman–Crippen LogP) is 2.93. The fourth-order valence-electron chi connectivity index (χ4n) is 2.47. The summed E-state index contributed by atoms with van der Waals surface area (Å²) in [5, 5.41) is 4.09. The highest BCUT2D eigenvalue weighted by molar-refractivity contribution is 6.32. The highest BCUT2D eigenvalue weighted by atomic mass is 35.5. The lowest BCUT2D eigenvalue weighted by atomic mass is 10.2. The van der Waals surface area contributed by atoms with Crippen LogP contribution in [0.25, 0.3) is 0 Å². The van der Waals surface area contributed by atoms with Gasteiger partial charge in [-0.2, -0.15) is 0 Å². The zero-order valence-electron chi connectivity index (χ0n) is 13.0. The van der Waals surface area contributed by atoms with Crippen LogP contribution in [0, 0.1) is 0 Å². The van der Waals surface area contributed by atoms with Crippen LogP contribution in [0.5, 0.6) is 11.5 Å². The summed E-state index contributed by atoms with van der Waals surface area (Å²) in [4.78, 5) is 2.43. The highest BCUT2D eigenvalue weighted by Gasteiger charge is 2.16. The van der Waals surface area contributed by atoms with Crippen LogP contribution in [0.15, 0.2) is 12.1 Å². The number of benzene rings is 1. The summed E-state index contributed by atoms with van der Waals surface area (Å²) in [6.07, 6.45) is 1.15. The Bertz CT molecular complexity index is 450. The van der Waals surface area contributed by atoms with E-state index in [1.165, 1.54) is 0 Å². The molecule has 1 aromatic carbocycles. The molecule has 5 heteroatoms. The molecule has 1 aliphatic heterocycles. The van der Waals surface area contributed by atoms with E-state index in [2.05, 4.69) is 24.1 Å². The third-order valence-corrected chi connectivity index (χ3v) is 3.99. The predicted molar refractivity (Wildman–Crippen MR) is 86.6 cm³/mol. The molecule has 1 N–H and O–H groups in total. The Morgan fingerprint density at radius 1 is 1.19 bits per heavy atom. The number of halogens is 1. The Hall–Kier alpha value is -0.970. The molecule has 0 amide bonds. The smallest absolute Gasteiger partial charge is 0.179 e. The van der Waals surface area contributed by atoms with Gasteiger partial charge in [-0.05, 0) is 50.3 Å². The van der Waals surface area contributed by atoms with Crippen LogP contribution in [0.2, 0.25) is 5.02 Å². The van der Waals surface area contributed by atoms with E-state index in [0.29, 0.717) is 24.0 Å². The van der Waals surface area contributed by atoms with Gasteiger partial charge in [-0.3, -0.25) is 0 Å². The lowest BCUT2D eigenvalue weighted by Crippen LogP contribution is -2.27. The molecule has 0 aliphatic carbocycles. The Balaban J connectivity index is 1.77. The van der Waals surface area contributed by atoms with Crippen LogP contribution in [-0.2, 0) is 6.54 Å². The molecule has 21 heavy (non-hydrogen) atoms. The van der Waals surface area contributed by atoms with Gasteiger partial charge in [0.25, 0.3) is 0 Å². The third-order valence-electron chi connectivity index (χ3n) is 3.71. The second-order valence-corrected chi connectivity index (χ2v) is 5.57. The van der Waals surface area contributed by atoms with E-state index in [-0.39, 0.29) is 0 Å². The van der Waals surface area contributed by atoms with Crippen LogP contribution in [0.1, 0.15) is 25.8 Å². The van der Waals surface area contributed by atoms with Gasteiger partial charge in [0.05, 0.1) is 5.02 Å². The minimum atomic E-state index is 0.565. The number of rotatable bonds is 8. The van der Waals surface area contributed by atoms with E-state index in [1.807, 2.05) is 12.1 Å². The molecule has 1 aliphatic rings. The number of nitrogens with one attached hydrogen (secondary N) is 1. The molecule has 1 aromatic rings. The second-order valence-electron chi connectivity index (χ2n) is 5.16. The molecule has 1 heterocycles. The lowest BCUT2D eigenvalue weighted by molar-refractivity contribution is 0.171. The van der Waals surface area contributed by atoms with Crippen molar-refractivity contribution in [3.05, 3.63) is 22.7 Å². The van der Waals surface area contributed by atoms with Crippen molar-refractivity contribution in [1.82, 2.24) is 10.2 Å². The highest BCUT2D eigenvalue weighted by Crippen LogP contribution is 2.38. The van der Waals surface area contributed by atoms with Gasteiger partial charge < -0.3 is 19.7 Å². The van der Waals surface area contributed by atoms with Crippen LogP contribution in [0.4, 0.5) is 0 Å². The molecule has 0 spiro atoms. The first-order chi connectivity index (χ1) is 10.2. The van der Waals surface area contributed by atoms with Crippen molar-refractivity contribution >= 4 is 11.6 Å². The molecule has 0 saturated carbocycles. The van der Waals surface area contributed by atoms with E-state index in [9.17, 15) is 0 Å². The summed E-state index contributed by atoms with van der Waals surface area (Å²) in [5.41, 5.74) is 1.13. The first-order valence-electron chi connectivity index (χ1n) is 7.75. The van der Waals surface area contributed by atoms with Gasteiger partial charge in [0.15, 0.2) is 11.5 Å². The van der Waals surface area contributed by atoms with E-state index in [0.717, 1.165) is 50.5 Å². The van der Waals surface area contributed by atoms with Crippen molar-refractivity contribution in [2.45, 2.75) is 26.8 Å². The van der Waals surface area contributed by atoms with Crippen molar-refractivity contribution in [3.63, 3.8) is 0 Å². The summed E-state index contributed by atoms with van der Waals surface area (Å²) >= 11 is 6.23. The van der Waals surface area contributed by atoms with E-state index >= 15 is 0 Å². The SMILES string of the molecule is CCN(CC)CCCNCc1cc(Cl)c2c(c1)OCCO2. The van der Waals surface area contributed by atoms with Crippen LogP contribution < -0.4 is 14.8 Å². The molecular weight excluding hydrogens is 288 g/mol. The van der Waals surface area contributed by atoms with Gasteiger partial charge in [0.1, 0.15) is 13.2 Å². The van der Waals surface area contributed by atoms with Crippen molar-refractivity contribution in [2.24, 2.45) is 0 Å². The van der Waals surface area contributed by atoms with Gasteiger partial charge >= 0.3 is 0 Å². The van der Waals surface area contributed by atoms with E-state index in [4.69, 9.17) is 21.1 Å². The molecule has 0 bridgehead atoms. The third kappa shape index (κ3) is 4.77. The van der Waals surface area contributed by atoms with E-state index in [1.54, 1.807) is 0 Å². The van der Waals surface area contributed by atoms with Crippen molar-refractivity contribution < 1.29 is 9.47 Å². The van der Waals surface area contributed by atoms with Crippen molar-refractivity contribution in [3.8, 4) is 11.5 Å². The molecule has 0 fully saturated rings. The molecule has 0 radical (unpaired) electrons. The molecule has 0 unspecified atom stereocenters. The number of ether oxygens (including phenoxy) is 2. The summed E-state index contributed by atoms with van der Waals surface area (Å²) in [5.74, 6) is 1.43. The van der Waals surface area contributed by atoms with Crippen LogP contribution in [0.3, 0.4) is 0 Å². The second kappa shape index (κ2) is 8.47. The molecule has 2 rings (SSSR count). The van der Waals surface area contributed by atoms with Crippen LogP contribution >= 0.6 is 11.6 Å². The summed E-state index contributed by atoms with van der Waals surface area (Å²) in [6.45, 7) is 10.7. The van der Waals surface area contributed by atoms with Crippen molar-refractivity contribution in [1.29, 1.82) is 0 Å². The summed E-state index contributed by atoms with van der Waals surface area (Å²) < 4.78 is 11.1. The molecule has 0 saturated heterocycles. The maximum absolute atomic E-state index is 6.23. The first-order valence-corrected chi connectivity index (χ1v) is 8.13. The van der Waals surface area contributed by atoms with Crippen LogP contribution in [-0.4, -0.2) is 44.3 Å². The standard InChI is InChI=1S/C16H25ClN2O2/c1-3-19(4-2)7-5-6-18-12-13-10-14(17)16-15(11-13)20-8-9-21-16/h10-11,18H,3-9,12H2,1-2H3. The lowest BCUT2D eigenvalue weighted by Gasteiger charge is -2.20. The van der Waals surface area contributed by atoms with Gasteiger partial charge in [-0.1, -0.05) is 25.4 Å². The van der Waals surface area contributed by atoms with Gasteiger partial charge in [-0.25, -0.2) is 0 Å². The Morgan fingerprint density at radius 3 is 2.71 bits per heavy atom. The Labute approximate surface area is 132 Å². The number of fused-ring (bicyclic) bond motifs is 1. The quantitative estimate of drug-likeness (QED) is 0.748. The zero-order valence-corrected chi connectivity index (χ0v) is 13.7. The zero-order chi connectivity index (χ0) is 15.1.